The Kier molecular flexibility index (Phi) is 11.0. The fourth-order valence-electron chi connectivity index (χ4n) is 9.57. The fraction of sp³-hybridized carbons (Fsp3) is 0.865. The number of carbonyl (C=O) groups excluding carboxylic acids is 1. The number of allylic oxidation sites excluding steroid dienone is 1. The Bertz CT molecular complexity index is 1150. The topological polar surface area (TPSA) is 80.4 Å². The van der Waals surface area contributed by atoms with E-state index in [0.29, 0.717) is 24.2 Å². The molecule has 0 aliphatic carbocycles. The summed E-state index contributed by atoms with van der Waals surface area (Å²) < 4.78 is 11.2. The second-order valence-electron chi connectivity index (χ2n) is 15.5. The average molecular weight is 625 g/mol. The summed E-state index contributed by atoms with van der Waals surface area (Å²) in [5.41, 5.74) is 1.83. The van der Waals surface area contributed by atoms with Crippen LogP contribution >= 0.6 is 0 Å². The molecule has 6 aliphatic rings. The SMILES string of the molecule is CCCCCCCCC[C@@H]1C[C@@H]2CC[C@H]3C(C(=O)O[C@@H](C)CCCCC[C@@H]4C[C@@H]5CC[C@@H]6C[C@H](C)NC(=[N+]65)N4)=C(C)NC(=[N+]23)N1. The third-order valence-electron chi connectivity index (χ3n) is 11.8. The number of guanidine groups is 2. The van der Waals surface area contributed by atoms with E-state index >= 15 is 0 Å². The van der Waals surface area contributed by atoms with Crippen LogP contribution in [-0.4, -0.2) is 75.4 Å². The zero-order valence-corrected chi connectivity index (χ0v) is 29.0. The summed E-state index contributed by atoms with van der Waals surface area (Å²) in [6.45, 7) is 8.74. The highest BCUT2D eigenvalue weighted by Gasteiger charge is 2.48. The maximum absolute atomic E-state index is 13.5. The van der Waals surface area contributed by atoms with E-state index in [4.69, 9.17) is 4.74 Å². The van der Waals surface area contributed by atoms with E-state index in [2.05, 4.69) is 58.1 Å². The number of nitrogens with zero attached hydrogens (tertiary/aromatic N) is 2. The van der Waals surface area contributed by atoms with Crippen LogP contribution in [0.1, 0.15) is 156 Å². The van der Waals surface area contributed by atoms with E-state index in [0.717, 1.165) is 55.0 Å². The Morgan fingerprint density at radius 2 is 1.38 bits per heavy atom. The minimum atomic E-state index is -0.112. The van der Waals surface area contributed by atoms with Gasteiger partial charge >= 0.3 is 17.9 Å². The van der Waals surface area contributed by atoms with Gasteiger partial charge < -0.3 is 4.74 Å². The van der Waals surface area contributed by atoms with Crippen molar-refractivity contribution in [2.45, 2.75) is 205 Å². The van der Waals surface area contributed by atoms with Crippen LogP contribution in [-0.2, 0) is 9.53 Å². The van der Waals surface area contributed by atoms with Gasteiger partial charge in [-0.1, -0.05) is 64.7 Å². The van der Waals surface area contributed by atoms with Crippen molar-refractivity contribution in [2.75, 3.05) is 0 Å². The summed E-state index contributed by atoms with van der Waals surface area (Å²) in [6.07, 6.45) is 25.1. The molecule has 6 rings (SSSR count). The van der Waals surface area contributed by atoms with Crippen molar-refractivity contribution in [2.24, 2.45) is 0 Å². The molecule has 2 fully saturated rings. The summed E-state index contributed by atoms with van der Waals surface area (Å²) in [5, 5.41) is 15.0. The number of rotatable bonds is 16. The molecule has 8 nitrogen and oxygen atoms in total. The molecule has 0 unspecified atom stereocenters. The molecule has 4 N–H and O–H groups in total. The van der Waals surface area contributed by atoms with Crippen molar-refractivity contribution in [3.8, 4) is 0 Å². The van der Waals surface area contributed by atoms with Crippen molar-refractivity contribution < 1.29 is 18.7 Å². The average Bonchev–Trinajstić information content (AvgIpc) is 3.61. The van der Waals surface area contributed by atoms with Gasteiger partial charge in [0.1, 0.15) is 11.6 Å². The quantitative estimate of drug-likeness (QED) is 0.0989. The lowest BCUT2D eigenvalue weighted by molar-refractivity contribution is -0.593. The molecule has 0 saturated carbocycles. The first-order chi connectivity index (χ1) is 21.9. The molecular weight excluding hydrogens is 560 g/mol. The first kappa shape index (κ1) is 32.7. The second-order valence-corrected chi connectivity index (χ2v) is 15.5. The molecule has 6 heterocycles. The van der Waals surface area contributed by atoms with Crippen LogP contribution in [0.25, 0.3) is 0 Å². The van der Waals surface area contributed by atoms with Gasteiger partial charge in [0.15, 0.2) is 0 Å². The van der Waals surface area contributed by atoms with Crippen LogP contribution in [0, 0.1) is 0 Å². The molecule has 252 valence electrons. The normalized spacial score (nSPS) is 32.3. The molecule has 2 saturated heterocycles. The number of ether oxygens (including phenoxy) is 1. The van der Waals surface area contributed by atoms with Gasteiger partial charge in [0.2, 0.25) is 0 Å². The van der Waals surface area contributed by atoms with E-state index in [1.807, 2.05) is 0 Å². The minimum absolute atomic E-state index is 0.0496. The molecule has 0 aromatic heterocycles. The Balaban J connectivity index is 0.903. The van der Waals surface area contributed by atoms with Gasteiger partial charge in [-0.25, -0.2) is 10.1 Å². The third-order valence-corrected chi connectivity index (χ3v) is 11.8. The highest BCUT2D eigenvalue weighted by molar-refractivity contribution is 5.93. The maximum atomic E-state index is 13.5. The smallest absolute Gasteiger partial charge is 0.351 e. The summed E-state index contributed by atoms with van der Waals surface area (Å²) in [6, 6.07) is 3.83. The lowest BCUT2D eigenvalue weighted by Crippen LogP contribution is -2.61. The van der Waals surface area contributed by atoms with Crippen LogP contribution in [0.3, 0.4) is 0 Å². The molecule has 0 bridgehead atoms. The number of unbranched alkanes of at least 4 members (excludes halogenated alkanes) is 8. The van der Waals surface area contributed by atoms with Gasteiger partial charge in [-0.05, 0) is 72.1 Å². The van der Waals surface area contributed by atoms with Crippen LogP contribution < -0.4 is 21.3 Å². The molecule has 0 spiro atoms. The number of esters is 1. The summed E-state index contributed by atoms with van der Waals surface area (Å²) >= 11 is 0. The number of carbonyl (C=O) groups is 1. The van der Waals surface area contributed by atoms with E-state index in [1.54, 1.807) is 0 Å². The molecule has 0 aromatic carbocycles. The predicted octanol–water partition coefficient (Wildman–Crippen LogP) is 5.79. The number of hydrogen-bond donors (Lipinski definition) is 4. The Morgan fingerprint density at radius 1 is 0.778 bits per heavy atom. The van der Waals surface area contributed by atoms with Crippen molar-refractivity contribution in [1.82, 2.24) is 21.3 Å². The summed E-state index contributed by atoms with van der Waals surface area (Å²) in [4.78, 5) is 13.5. The maximum Gasteiger partial charge on any atom is 0.351 e. The Morgan fingerprint density at radius 3 is 2.11 bits per heavy atom. The van der Waals surface area contributed by atoms with Crippen LogP contribution in [0.4, 0.5) is 0 Å². The largest absolute Gasteiger partial charge is 0.459 e. The molecule has 0 aromatic rings. The van der Waals surface area contributed by atoms with Gasteiger partial charge in [-0.15, -0.1) is 0 Å². The molecule has 6 aliphatic heterocycles. The lowest BCUT2D eigenvalue weighted by atomic mass is 9.97. The fourth-order valence-corrected chi connectivity index (χ4v) is 9.57. The van der Waals surface area contributed by atoms with Crippen molar-refractivity contribution in [3.63, 3.8) is 0 Å². The van der Waals surface area contributed by atoms with Crippen LogP contribution in [0.2, 0.25) is 0 Å². The van der Waals surface area contributed by atoms with E-state index in [-0.39, 0.29) is 18.1 Å². The van der Waals surface area contributed by atoms with Crippen molar-refractivity contribution in [1.29, 1.82) is 0 Å². The zero-order chi connectivity index (χ0) is 31.3. The molecule has 8 atom stereocenters. The van der Waals surface area contributed by atoms with E-state index < -0.39 is 0 Å². The lowest BCUT2D eigenvalue weighted by Gasteiger charge is -2.35. The summed E-state index contributed by atoms with van der Waals surface area (Å²) in [7, 11) is 0. The van der Waals surface area contributed by atoms with Gasteiger partial charge in [-0.3, -0.25) is 25.1 Å². The Labute approximate surface area is 273 Å². The van der Waals surface area contributed by atoms with Gasteiger partial charge in [0, 0.05) is 19.3 Å². The monoisotopic (exact) mass is 625 g/mol. The van der Waals surface area contributed by atoms with E-state index in [1.165, 1.54) is 109 Å². The highest BCUT2D eigenvalue weighted by Crippen LogP contribution is 2.35. The molecule has 45 heavy (non-hydrogen) atoms. The Hall–Kier alpha value is -2.25. The molecule has 8 heteroatoms. The van der Waals surface area contributed by atoms with E-state index in [9.17, 15) is 4.79 Å². The predicted molar refractivity (Wildman–Crippen MR) is 182 cm³/mol. The van der Waals surface area contributed by atoms with Crippen molar-refractivity contribution >= 4 is 17.9 Å². The first-order valence-electron chi connectivity index (χ1n) is 19.2. The van der Waals surface area contributed by atoms with Crippen LogP contribution in [0.15, 0.2) is 11.3 Å². The number of nitrogens with one attached hydrogen (secondary N) is 4. The molecule has 0 radical (unpaired) electrons. The highest BCUT2D eigenvalue weighted by atomic mass is 16.5. The van der Waals surface area contributed by atoms with Gasteiger partial charge in [-0.2, -0.15) is 0 Å². The first-order valence-corrected chi connectivity index (χ1v) is 19.2. The van der Waals surface area contributed by atoms with Gasteiger partial charge in [0.25, 0.3) is 0 Å². The number of hydrogen-bond acceptors (Lipinski definition) is 6. The standard InChI is InChI=1S/C37H62N6O2/c1-5-6-7-8-9-10-13-16-29-24-32-20-21-33-34(27(4)39-37(41-29)43(32)33)35(44)45-26(3)15-12-11-14-17-28-23-31-19-18-30-22-25(2)38-36(40-28)42(30)31/h25-26,28-33H,5-24H2,1-4H3,(H2,38,39,40,41,44)/p+2/t25-,26-,28+,29+,30+,31-,32-,33-/m0/s1. The molecule has 0 amide bonds. The zero-order valence-electron chi connectivity index (χ0n) is 29.0. The van der Waals surface area contributed by atoms with Gasteiger partial charge in [0.05, 0.1) is 48.1 Å². The van der Waals surface area contributed by atoms with Crippen LogP contribution in [0.5, 0.6) is 0 Å². The second kappa shape index (κ2) is 15.1. The summed E-state index contributed by atoms with van der Waals surface area (Å²) in [5.74, 6) is 2.32. The molecular formula is C37H64N6O2+2. The third kappa shape index (κ3) is 7.67. The van der Waals surface area contributed by atoms with Crippen molar-refractivity contribution in [3.05, 3.63) is 11.3 Å². The minimum Gasteiger partial charge on any atom is -0.459 e.